The molecule has 13 atom stereocenters. The smallest absolute Gasteiger partial charge is 0.308 e. The number of hydrogen-bond acceptors (Lipinski definition) is 15. The summed E-state index contributed by atoms with van der Waals surface area (Å²) in [7, 11) is 1.27. The molecule has 0 aromatic heterocycles. The summed E-state index contributed by atoms with van der Waals surface area (Å²) < 4.78 is 27.7. The molecule has 9 N–H and O–H groups in total. The Labute approximate surface area is 296 Å². The van der Waals surface area contributed by atoms with Crippen LogP contribution in [0.15, 0.2) is 0 Å². The lowest BCUT2D eigenvalue weighted by Crippen LogP contribution is -2.59. The minimum absolute atomic E-state index is 0.0665. The van der Waals surface area contributed by atoms with Crippen LogP contribution in [0.5, 0.6) is 0 Å². The van der Waals surface area contributed by atoms with Gasteiger partial charge in [-0.25, -0.2) is 0 Å². The summed E-state index contributed by atoms with van der Waals surface area (Å²) in [5.41, 5.74) is 0. The first-order valence-electron chi connectivity index (χ1n) is 18.6. The van der Waals surface area contributed by atoms with Crippen LogP contribution in [-0.4, -0.2) is 152 Å². The van der Waals surface area contributed by atoms with E-state index in [4.69, 9.17) is 23.7 Å². The van der Waals surface area contributed by atoms with Crippen LogP contribution in [0, 0.1) is 0 Å². The van der Waals surface area contributed by atoms with Gasteiger partial charge in [0.15, 0.2) is 12.6 Å². The average molecular weight is 727 g/mol. The highest BCUT2D eigenvalue weighted by Gasteiger charge is 2.46. The maximum atomic E-state index is 12.0. The zero-order valence-corrected chi connectivity index (χ0v) is 29.9. The summed E-state index contributed by atoms with van der Waals surface area (Å²) in [5, 5.41) is 89.5. The number of esters is 1. The molecular weight excluding hydrogens is 660 g/mol. The van der Waals surface area contributed by atoms with Crippen molar-refractivity contribution in [2.45, 2.75) is 196 Å². The predicted octanol–water partition coefficient (Wildman–Crippen LogP) is 0.542. The van der Waals surface area contributed by atoms with Crippen molar-refractivity contribution in [2.24, 2.45) is 0 Å². The fourth-order valence-corrected chi connectivity index (χ4v) is 6.48. The van der Waals surface area contributed by atoms with E-state index in [1.165, 1.54) is 7.11 Å². The fourth-order valence-electron chi connectivity index (χ4n) is 6.48. The van der Waals surface area contributed by atoms with Crippen LogP contribution in [0.4, 0.5) is 0 Å². The number of unbranched alkanes of at least 4 members (excludes halogenated alkanes) is 10. The van der Waals surface area contributed by atoms with E-state index in [0.29, 0.717) is 6.42 Å². The Morgan fingerprint density at radius 2 is 0.920 bits per heavy atom. The minimum Gasteiger partial charge on any atom is -0.469 e. The monoisotopic (exact) mass is 726 g/mol. The van der Waals surface area contributed by atoms with Crippen LogP contribution in [0.2, 0.25) is 0 Å². The van der Waals surface area contributed by atoms with Crippen LogP contribution in [-0.2, 0) is 28.5 Å². The van der Waals surface area contributed by atoms with E-state index in [0.717, 1.165) is 96.3 Å². The topological polar surface area (TPSA) is 245 Å². The normalized spacial score (nSPS) is 32.1. The molecule has 2 saturated heterocycles. The molecular formula is C35H66O15. The second kappa shape index (κ2) is 25.1. The molecule has 2 aliphatic rings. The molecule has 0 amide bonds. The number of methoxy groups -OCH3 is 1. The number of aliphatic hydroxyl groups is 9. The van der Waals surface area contributed by atoms with E-state index in [1.807, 2.05) is 0 Å². The first-order chi connectivity index (χ1) is 23.9. The molecule has 0 aliphatic carbocycles. The van der Waals surface area contributed by atoms with E-state index in [-0.39, 0.29) is 18.6 Å². The molecule has 50 heavy (non-hydrogen) atoms. The molecule has 0 spiro atoms. The Kier molecular flexibility index (Phi) is 22.6. The number of carbonyl (C=O) groups is 1. The quantitative estimate of drug-likeness (QED) is 0.0436. The second-order valence-electron chi connectivity index (χ2n) is 13.9. The van der Waals surface area contributed by atoms with Gasteiger partial charge in [-0.15, -0.1) is 0 Å². The van der Waals surface area contributed by atoms with E-state index in [9.17, 15) is 50.8 Å². The van der Waals surface area contributed by atoms with Crippen molar-refractivity contribution in [3.63, 3.8) is 0 Å². The molecule has 0 saturated carbocycles. The SMILES string of the molecule is COC(=O)C[C@H](CCCCCCCCCCC[C@H](CCCCC[C@@H](C)O)O[C@H]1O[C@@H](CO)[C@@H](O)[C@@H](O)[C@H]1O)O[C@H]1O[C@@H](CO)[C@@H](O)[C@@H](O)[C@H]1O. The van der Waals surface area contributed by atoms with Crippen molar-refractivity contribution in [2.75, 3.05) is 20.3 Å². The van der Waals surface area contributed by atoms with E-state index in [1.54, 1.807) is 6.92 Å². The summed E-state index contributed by atoms with van der Waals surface area (Å²) in [4.78, 5) is 12.0. The number of aliphatic hydroxyl groups excluding tert-OH is 9. The van der Waals surface area contributed by atoms with Gasteiger partial charge < -0.3 is 69.6 Å². The third kappa shape index (κ3) is 15.9. The molecule has 2 fully saturated rings. The third-order valence-electron chi connectivity index (χ3n) is 9.67. The van der Waals surface area contributed by atoms with E-state index in [2.05, 4.69) is 0 Å². The van der Waals surface area contributed by atoms with Gasteiger partial charge in [-0.05, 0) is 32.6 Å². The molecule has 15 nitrogen and oxygen atoms in total. The van der Waals surface area contributed by atoms with Gasteiger partial charge in [-0.1, -0.05) is 77.0 Å². The van der Waals surface area contributed by atoms with Gasteiger partial charge in [0.1, 0.15) is 48.8 Å². The number of ether oxygens (including phenoxy) is 5. The molecule has 2 aliphatic heterocycles. The Balaban J connectivity index is 1.68. The van der Waals surface area contributed by atoms with Crippen molar-refractivity contribution in [3.05, 3.63) is 0 Å². The molecule has 0 radical (unpaired) electrons. The van der Waals surface area contributed by atoms with Gasteiger partial charge in [0.25, 0.3) is 0 Å². The summed E-state index contributed by atoms with van der Waals surface area (Å²) >= 11 is 0. The lowest BCUT2D eigenvalue weighted by molar-refractivity contribution is -0.312. The lowest BCUT2D eigenvalue weighted by atomic mass is 9.98. The van der Waals surface area contributed by atoms with Gasteiger partial charge in [0.2, 0.25) is 0 Å². The summed E-state index contributed by atoms with van der Waals surface area (Å²) in [5.74, 6) is -0.487. The van der Waals surface area contributed by atoms with Crippen LogP contribution < -0.4 is 0 Å². The van der Waals surface area contributed by atoms with Crippen LogP contribution in [0.25, 0.3) is 0 Å². The Hall–Kier alpha value is -1.05. The Morgan fingerprint density at radius 3 is 1.32 bits per heavy atom. The standard InChI is InChI=1S/C35H66O15/c1-22(38)15-11-10-14-17-23(47-34-32(44)30(42)28(40)25(20-36)49-34)16-12-8-6-4-3-5-7-9-13-18-24(19-27(39)46-2)48-35-33(45)31(43)29(41)26(21-37)50-35/h22-26,28-38,40-45H,3-21H2,1-2H3/t22-,23-,24+,25+,26+,28-,29-,30-,31-,32-,33-,34+,35+/m1/s1. The zero-order valence-electron chi connectivity index (χ0n) is 29.9. The third-order valence-corrected chi connectivity index (χ3v) is 9.67. The predicted molar refractivity (Wildman–Crippen MR) is 179 cm³/mol. The molecule has 0 bridgehead atoms. The van der Waals surface area contributed by atoms with Crippen molar-refractivity contribution in [1.82, 2.24) is 0 Å². The van der Waals surface area contributed by atoms with Crippen molar-refractivity contribution in [3.8, 4) is 0 Å². The molecule has 2 rings (SSSR count). The maximum absolute atomic E-state index is 12.0. The van der Waals surface area contributed by atoms with E-state index < -0.39 is 86.7 Å². The highest BCUT2D eigenvalue weighted by molar-refractivity contribution is 5.69. The Bertz CT molecular complexity index is 877. The summed E-state index contributed by atoms with van der Waals surface area (Å²) in [6.45, 7) is 0.689. The zero-order chi connectivity index (χ0) is 37.1. The molecule has 2 heterocycles. The van der Waals surface area contributed by atoms with Gasteiger partial charge >= 0.3 is 5.97 Å². The largest absolute Gasteiger partial charge is 0.469 e. The van der Waals surface area contributed by atoms with Gasteiger partial charge in [0.05, 0.1) is 45.1 Å². The highest BCUT2D eigenvalue weighted by atomic mass is 16.7. The molecule has 0 aromatic carbocycles. The fraction of sp³-hybridized carbons (Fsp3) is 0.971. The lowest BCUT2D eigenvalue weighted by Gasteiger charge is -2.41. The summed E-state index contributed by atoms with van der Waals surface area (Å²) in [6.07, 6.45) is -0.589. The van der Waals surface area contributed by atoms with Crippen molar-refractivity contribution in [1.29, 1.82) is 0 Å². The number of hydrogen-bond donors (Lipinski definition) is 9. The average Bonchev–Trinajstić information content (AvgIpc) is 3.10. The van der Waals surface area contributed by atoms with Gasteiger partial charge in [-0.2, -0.15) is 0 Å². The maximum Gasteiger partial charge on any atom is 0.308 e. The molecule has 15 heteroatoms. The van der Waals surface area contributed by atoms with Crippen LogP contribution >= 0.6 is 0 Å². The first kappa shape index (κ1) is 45.1. The number of rotatable bonds is 26. The van der Waals surface area contributed by atoms with Crippen LogP contribution in [0.1, 0.15) is 116 Å². The highest BCUT2D eigenvalue weighted by Crippen LogP contribution is 2.27. The minimum atomic E-state index is -1.56. The van der Waals surface area contributed by atoms with Crippen LogP contribution in [0.3, 0.4) is 0 Å². The first-order valence-corrected chi connectivity index (χ1v) is 18.6. The van der Waals surface area contributed by atoms with Crippen molar-refractivity contribution < 1.29 is 74.4 Å². The summed E-state index contributed by atoms with van der Waals surface area (Å²) in [6, 6.07) is 0. The number of carbonyl (C=O) groups excluding carboxylic acids is 1. The molecule has 0 unspecified atom stereocenters. The second-order valence-corrected chi connectivity index (χ2v) is 13.9. The molecule has 296 valence electrons. The van der Waals surface area contributed by atoms with Gasteiger partial charge in [-0.3, -0.25) is 4.79 Å². The Morgan fingerprint density at radius 1 is 0.560 bits per heavy atom. The molecule has 0 aromatic rings. The van der Waals surface area contributed by atoms with Crippen molar-refractivity contribution >= 4 is 5.97 Å². The van der Waals surface area contributed by atoms with Gasteiger partial charge in [0, 0.05) is 0 Å². The van der Waals surface area contributed by atoms with E-state index >= 15 is 0 Å².